The van der Waals surface area contributed by atoms with Crippen molar-refractivity contribution in [1.82, 2.24) is 0 Å². The van der Waals surface area contributed by atoms with Gasteiger partial charge < -0.3 is 9.84 Å². The second-order valence-corrected chi connectivity index (χ2v) is 3.87. The first-order valence-corrected chi connectivity index (χ1v) is 5.05. The Morgan fingerprint density at radius 2 is 1.88 bits per heavy atom. The molecule has 0 aliphatic carbocycles. The van der Waals surface area contributed by atoms with Crippen molar-refractivity contribution in [2.24, 2.45) is 5.92 Å². The Balaban J connectivity index is 0.00000225. The summed E-state index contributed by atoms with van der Waals surface area (Å²) in [5.41, 5.74) is 0.469. The van der Waals surface area contributed by atoms with E-state index in [1.54, 1.807) is 12.1 Å². The summed E-state index contributed by atoms with van der Waals surface area (Å²) in [6.45, 7) is 4.60. The molecule has 1 rings (SSSR count). The molecular formula is C12H16O3Zn. The zero-order valence-corrected chi connectivity index (χ0v) is 12.7. The van der Waals surface area contributed by atoms with Gasteiger partial charge in [-0.3, -0.25) is 0 Å². The van der Waals surface area contributed by atoms with Gasteiger partial charge in [-0.05, 0) is 36.6 Å². The summed E-state index contributed by atoms with van der Waals surface area (Å²) in [5.74, 6) is 0.335. The minimum atomic E-state index is -0.337. The van der Waals surface area contributed by atoms with E-state index in [2.05, 4.69) is 13.8 Å². The van der Waals surface area contributed by atoms with E-state index in [0.717, 1.165) is 6.42 Å². The minimum absolute atomic E-state index is 0. The van der Waals surface area contributed by atoms with Crippen molar-refractivity contribution in [1.29, 1.82) is 0 Å². The molecule has 16 heavy (non-hydrogen) atoms. The van der Waals surface area contributed by atoms with Crippen molar-refractivity contribution in [2.45, 2.75) is 20.3 Å². The van der Waals surface area contributed by atoms with E-state index in [4.69, 9.17) is 9.84 Å². The van der Waals surface area contributed by atoms with E-state index in [-0.39, 0.29) is 31.2 Å². The molecule has 3 nitrogen and oxygen atoms in total. The van der Waals surface area contributed by atoms with Gasteiger partial charge in [-0.15, -0.1) is 0 Å². The Kier molecular flexibility index (Phi) is 6.99. The van der Waals surface area contributed by atoms with Crippen LogP contribution in [0.1, 0.15) is 30.6 Å². The first kappa shape index (κ1) is 15.1. The molecule has 0 spiro atoms. The molecule has 0 aromatic heterocycles. The molecule has 0 amide bonds. The van der Waals surface area contributed by atoms with Crippen LogP contribution >= 0.6 is 0 Å². The maximum absolute atomic E-state index is 11.4. The van der Waals surface area contributed by atoms with Gasteiger partial charge >= 0.3 is 5.97 Å². The average molecular weight is 274 g/mol. The summed E-state index contributed by atoms with van der Waals surface area (Å²) in [7, 11) is 0. The molecule has 0 saturated heterocycles. The second-order valence-electron chi connectivity index (χ2n) is 3.87. The molecule has 4 heteroatoms. The zero-order valence-electron chi connectivity index (χ0n) is 9.77. The van der Waals surface area contributed by atoms with Crippen molar-refractivity contribution in [3.63, 3.8) is 0 Å². The molecule has 1 aromatic rings. The van der Waals surface area contributed by atoms with Crippen LogP contribution in [0.4, 0.5) is 0 Å². The maximum Gasteiger partial charge on any atom is 0.338 e. The first-order valence-electron chi connectivity index (χ1n) is 5.05. The fraction of sp³-hybridized carbons (Fsp3) is 0.417. The summed E-state index contributed by atoms with van der Waals surface area (Å²) in [6, 6.07) is 6.04. The van der Waals surface area contributed by atoms with Crippen molar-refractivity contribution < 1.29 is 34.1 Å². The van der Waals surface area contributed by atoms with Crippen LogP contribution in [0.5, 0.6) is 5.75 Å². The molecule has 0 aliphatic rings. The van der Waals surface area contributed by atoms with Crippen LogP contribution in [0, 0.1) is 5.92 Å². The van der Waals surface area contributed by atoms with Crippen LogP contribution in [0.15, 0.2) is 24.3 Å². The van der Waals surface area contributed by atoms with Gasteiger partial charge in [0.05, 0.1) is 12.2 Å². The monoisotopic (exact) mass is 272 g/mol. The van der Waals surface area contributed by atoms with Crippen molar-refractivity contribution >= 4 is 5.97 Å². The summed E-state index contributed by atoms with van der Waals surface area (Å²) < 4.78 is 5.06. The quantitative estimate of drug-likeness (QED) is 0.677. The topological polar surface area (TPSA) is 46.5 Å². The number of hydrogen-bond acceptors (Lipinski definition) is 3. The molecule has 0 radical (unpaired) electrons. The smallest absolute Gasteiger partial charge is 0.338 e. The first-order chi connectivity index (χ1) is 7.09. The maximum atomic E-state index is 11.4. The molecule has 0 saturated carbocycles. The van der Waals surface area contributed by atoms with E-state index in [0.29, 0.717) is 18.1 Å². The third-order valence-electron chi connectivity index (χ3n) is 2.03. The Morgan fingerprint density at radius 3 is 2.38 bits per heavy atom. The number of phenols is 1. The van der Waals surface area contributed by atoms with Gasteiger partial charge in [0.1, 0.15) is 5.75 Å². The van der Waals surface area contributed by atoms with Crippen LogP contribution in [0.2, 0.25) is 0 Å². The standard InChI is InChI=1S/C12H16O3.Zn/c1-9(2)7-8-15-12(14)10-3-5-11(13)6-4-10;/h3-6,9,13H,7-8H2,1-2H3;. The molecule has 0 atom stereocenters. The molecule has 0 aliphatic heterocycles. The number of ether oxygens (including phenoxy) is 1. The van der Waals surface area contributed by atoms with Crippen LogP contribution in [0.3, 0.4) is 0 Å². The van der Waals surface area contributed by atoms with Crippen molar-refractivity contribution in [2.75, 3.05) is 6.61 Å². The number of rotatable bonds is 4. The summed E-state index contributed by atoms with van der Waals surface area (Å²) in [4.78, 5) is 11.4. The molecule has 0 bridgehead atoms. The van der Waals surface area contributed by atoms with Crippen molar-refractivity contribution in [3.8, 4) is 5.75 Å². The van der Waals surface area contributed by atoms with Gasteiger partial charge in [-0.2, -0.15) is 0 Å². The number of carbonyl (C=O) groups is 1. The molecular weight excluding hydrogens is 258 g/mol. The number of esters is 1. The summed E-state index contributed by atoms with van der Waals surface area (Å²) >= 11 is 0. The molecule has 0 heterocycles. The number of aromatic hydroxyl groups is 1. The predicted molar refractivity (Wildman–Crippen MR) is 57.8 cm³/mol. The molecule has 0 unspecified atom stereocenters. The van der Waals surface area contributed by atoms with Crippen LogP contribution in [0.25, 0.3) is 0 Å². The van der Waals surface area contributed by atoms with Crippen molar-refractivity contribution in [3.05, 3.63) is 29.8 Å². The van der Waals surface area contributed by atoms with Crippen LogP contribution in [-0.4, -0.2) is 17.7 Å². The second kappa shape index (κ2) is 7.40. The average Bonchev–Trinajstić information content (AvgIpc) is 2.18. The number of benzene rings is 1. The number of hydrogen-bond donors (Lipinski definition) is 1. The molecule has 1 N–H and O–H groups in total. The molecule has 84 valence electrons. The normalized spacial score (nSPS) is 9.69. The van der Waals surface area contributed by atoms with Gasteiger partial charge in [-0.25, -0.2) is 4.79 Å². The Labute approximate surface area is 109 Å². The zero-order chi connectivity index (χ0) is 11.3. The summed E-state index contributed by atoms with van der Waals surface area (Å²) in [5, 5.41) is 9.04. The predicted octanol–water partition coefficient (Wildman–Crippen LogP) is 2.59. The summed E-state index contributed by atoms with van der Waals surface area (Å²) in [6.07, 6.45) is 0.865. The van der Waals surface area contributed by atoms with E-state index < -0.39 is 0 Å². The van der Waals surface area contributed by atoms with Gasteiger partial charge in [0.15, 0.2) is 0 Å². The fourth-order valence-corrected chi connectivity index (χ4v) is 1.07. The Hall–Kier alpha value is -0.887. The third-order valence-corrected chi connectivity index (χ3v) is 2.03. The Morgan fingerprint density at radius 1 is 1.31 bits per heavy atom. The van der Waals surface area contributed by atoms with E-state index in [1.165, 1.54) is 12.1 Å². The van der Waals surface area contributed by atoms with E-state index in [1.807, 2.05) is 0 Å². The Bertz CT molecular complexity index is 320. The SMILES string of the molecule is CC(C)CCOC(=O)c1ccc(O)cc1.[Zn]. The molecule has 0 fully saturated rings. The van der Waals surface area contributed by atoms with E-state index in [9.17, 15) is 4.79 Å². The largest absolute Gasteiger partial charge is 0.508 e. The molecule has 1 aromatic carbocycles. The number of carbonyl (C=O) groups excluding carboxylic acids is 1. The van der Waals surface area contributed by atoms with Gasteiger partial charge in [0.2, 0.25) is 0 Å². The van der Waals surface area contributed by atoms with Gasteiger partial charge in [-0.1, -0.05) is 13.8 Å². The number of phenolic OH excluding ortho intramolecular Hbond substituents is 1. The van der Waals surface area contributed by atoms with Crippen LogP contribution < -0.4 is 0 Å². The van der Waals surface area contributed by atoms with Gasteiger partial charge in [0, 0.05) is 19.5 Å². The fourth-order valence-electron chi connectivity index (χ4n) is 1.07. The third kappa shape index (κ3) is 5.27. The van der Waals surface area contributed by atoms with Gasteiger partial charge in [0.25, 0.3) is 0 Å². The van der Waals surface area contributed by atoms with E-state index >= 15 is 0 Å². The van der Waals surface area contributed by atoms with Crippen LogP contribution in [-0.2, 0) is 24.2 Å². The minimum Gasteiger partial charge on any atom is -0.508 e.